The van der Waals surface area contributed by atoms with Crippen LogP contribution in [0.2, 0.25) is 0 Å². The molecule has 2 aliphatic heterocycles. The molecule has 6 nitrogen and oxygen atoms in total. The largest absolute Gasteiger partial charge is 0.416 e. The standard InChI is InChI=1S/C23H25F3O6/c1-12-3-4-15(9-13(12)2)22-30-18-11-29-21(32-20(18)19(31-22)17(28)10-27)14-5-7-16(8-6-14)23(24,25)26/h3-9,17-22,27-28H,10-11H2,1-2H3/t17-,18+,19-,20-,21?,22?/m1/s1. The van der Waals surface area contributed by atoms with Gasteiger partial charge in [0.15, 0.2) is 12.6 Å². The Hall–Kier alpha value is -2.01. The number of rotatable bonds is 4. The molecule has 0 spiro atoms. The Bertz CT molecular complexity index is 932. The fourth-order valence-corrected chi connectivity index (χ4v) is 3.85. The molecule has 2 aromatic rings. The van der Waals surface area contributed by atoms with Crippen LogP contribution in [-0.2, 0) is 25.1 Å². The van der Waals surface area contributed by atoms with Crippen molar-refractivity contribution in [2.24, 2.45) is 0 Å². The van der Waals surface area contributed by atoms with Crippen molar-refractivity contribution >= 4 is 0 Å². The Labute approximate surface area is 183 Å². The Morgan fingerprint density at radius 1 is 0.938 bits per heavy atom. The number of aryl methyl sites for hydroxylation is 2. The third-order valence-corrected chi connectivity index (χ3v) is 5.84. The Morgan fingerprint density at radius 3 is 2.25 bits per heavy atom. The third-order valence-electron chi connectivity index (χ3n) is 5.84. The van der Waals surface area contributed by atoms with Crippen LogP contribution in [-0.4, -0.2) is 47.8 Å². The van der Waals surface area contributed by atoms with Gasteiger partial charge in [-0.3, -0.25) is 0 Å². The maximum absolute atomic E-state index is 12.8. The molecule has 2 saturated heterocycles. The van der Waals surface area contributed by atoms with Crippen molar-refractivity contribution in [3.05, 3.63) is 70.3 Å². The van der Waals surface area contributed by atoms with Crippen molar-refractivity contribution in [3.8, 4) is 0 Å². The first-order chi connectivity index (χ1) is 15.2. The van der Waals surface area contributed by atoms with E-state index in [1.165, 1.54) is 12.1 Å². The van der Waals surface area contributed by atoms with E-state index in [1.54, 1.807) is 0 Å². The summed E-state index contributed by atoms with van der Waals surface area (Å²) < 4.78 is 62.2. The van der Waals surface area contributed by atoms with E-state index in [2.05, 4.69) is 0 Å². The van der Waals surface area contributed by atoms with E-state index in [1.807, 2.05) is 32.0 Å². The first-order valence-electron chi connectivity index (χ1n) is 10.3. The van der Waals surface area contributed by atoms with Crippen molar-refractivity contribution in [3.63, 3.8) is 0 Å². The highest BCUT2D eigenvalue weighted by molar-refractivity contribution is 5.31. The number of hydrogen-bond donors (Lipinski definition) is 2. The number of benzene rings is 2. The van der Waals surface area contributed by atoms with Gasteiger partial charge in [0.1, 0.15) is 24.4 Å². The predicted octanol–water partition coefficient (Wildman–Crippen LogP) is 3.57. The molecule has 2 aromatic carbocycles. The summed E-state index contributed by atoms with van der Waals surface area (Å²) >= 11 is 0. The normalized spacial score (nSPS) is 29.4. The van der Waals surface area contributed by atoms with Crippen LogP contribution < -0.4 is 0 Å². The second kappa shape index (κ2) is 9.09. The molecule has 2 fully saturated rings. The summed E-state index contributed by atoms with van der Waals surface area (Å²) in [7, 11) is 0. The molecule has 0 bridgehead atoms. The molecule has 0 saturated carbocycles. The van der Waals surface area contributed by atoms with Gasteiger partial charge in [-0.1, -0.05) is 30.3 Å². The number of alkyl halides is 3. The number of halogens is 3. The zero-order valence-electron chi connectivity index (χ0n) is 17.6. The van der Waals surface area contributed by atoms with Crippen molar-refractivity contribution in [1.29, 1.82) is 0 Å². The van der Waals surface area contributed by atoms with Gasteiger partial charge in [-0.15, -0.1) is 0 Å². The molecule has 32 heavy (non-hydrogen) atoms. The Kier molecular flexibility index (Phi) is 6.58. The minimum absolute atomic E-state index is 0.0791. The molecular weight excluding hydrogens is 429 g/mol. The number of fused-ring (bicyclic) bond motifs is 1. The lowest BCUT2D eigenvalue weighted by atomic mass is 9.99. The van der Waals surface area contributed by atoms with Gasteiger partial charge < -0.3 is 29.2 Å². The smallest absolute Gasteiger partial charge is 0.394 e. The summed E-state index contributed by atoms with van der Waals surface area (Å²) in [5.74, 6) is 0. The summed E-state index contributed by atoms with van der Waals surface area (Å²) in [4.78, 5) is 0. The lowest BCUT2D eigenvalue weighted by Gasteiger charge is -2.47. The molecule has 2 N–H and O–H groups in total. The summed E-state index contributed by atoms with van der Waals surface area (Å²) in [6.45, 7) is 3.48. The molecule has 2 unspecified atom stereocenters. The second-order valence-electron chi connectivity index (χ2n) is 8.09. The quantitative estimate of drug-likeness (QED) is 0.736. The fourth-order valence-electron chi connectivity index (χ4n) is 3.85. The molecule has 4 rings (SSSR count). The minimum Gasteiger partial charge on any atom is -0.394 e. The number of aliphatic hydroxyl groups excluding tert-OH is 2. The van der Waals surface area contributed by atoms with Gasteiger partial charge in [0.05, 0.1) is 18.8 Å². The Balaban J connectivity index is 1.54. The summed E-state index contributed by atoms with van der Waals surface area (Å²) in [5.41, 5.74) is 2.54. The van der Waals surface area contributed by atoms with Gasteiger partial charge in [0.2, 0.25) is 0 Å². The van der Waals surface area contributed by atoms with E-state index in [0.717, 1.165) is 28.8 Å². The second-order valence-corrected chi connectivity index (χ2v) is 8.09. The number of ether oxygens (including phenoxy) is 4. The molecule has 0 aliphatic carbocycles. The van der Waals surface area contributed by atoms with Crippen molar-refractivity contribution in [2.45, 2.75) is 57.0 Å². The van der Waals surface area contributed by atoms with Gasteiger partial charge in [-0.25, -0.2) is 0 Å². The highest BCUT2D eigenvalue weighted by atomic mass is 19.4. The van der Waals surface area contributed by atoms with Crippen LogP contribution in [0.4, 0.5) is 13.2 Å². The predicted molar refractivity (Wildman–Crippen MR) is 107 cm³/mol. The van der Waals surface area contributed by atoms with Crippen LogP contribution in [0.25, 0.3) is 0 Å². The van der Waals surface area contributed by atoms with Gasteiger partial charge in [0, 0.05) is 11.1 Å². The maximum atomic E-state index is 12.8. The SMILES string of the molecule is Cc1ccc(C2O[C@H]([C@H](O)CO)[C@@H]3OC(c4ccc(C(F)(F)F)cc4)OC[C@@H]3O2)cc1C. The fraction of sp³-hybridized carbons (Fsp3) is 0.478. The third kappa shape index (κ3) is 4.68. The van der Waals surface area contributed by atoms with Crippen LogP contribution in [0.5, 0.6) is 0 Å². The summed E-state index contributed by atoms with van der Waals surface area (Å²) in [5, 5.41) is 19.9. The van der Waals surface area contributed by atoms with Crippen LogP contribution >= 0.6 is 0 Å². The van der Waals surface area contributed by atoms with Gasteiger partial charge >= 0.3 is 6.18 Å². The molecule has 0 amide bonds. The zero-order chi connectivity index (χ0) is 23.0. The molecule has 174 valence electrons. The molecule has 9 heteroatoms. The minimum atomic E-state index is -4.44. The first-order valence-corrected chi connectivity index (χ1v) is 10.3. The van der Waals surface area contributed by atoms with Gasteiger partial charge in [-0.05, 0) is 37.1 Å². The first kappa shape index (κ1) is 23.2. The van der Waals surface area contributed by atoms with Crippen LogP contribution in [0.3, 0.4) is 0 Å². The molecule has 0 radical (unpaired) electrons. The van der Waals surface area contributed by atoms with E-state index < -0.39 is 55.3 Å². The maximum Gasteiger partial charge on any atom is 0.416 e. The highest BCUT2D eigenvalue weighted by Gasteiger charge is 2.48. The molecule has 2 aliphatic rings. The number of aliphatic hydroxyl groups is 2. The number of hydrogen-bond acceptors (Lipinski definition) is 6. The molecular formula is C23H25F3O6. The lowest BCUT2D eigenvalue weighted by Crippen LogP contribution is -2.58. The van der Waals surface area contributed by atoms with E-state index >= 15 is 0 Å². The van der Waals surface area contributed by atoms with Crippen molar-refractivity contribution in [2.75, 3.05) is 13.2 Å². The van der Waals surface area contributed by atoms with E-state index in [0.29, 0.717) is 5.56 Å². The highest BCUT2D eigenvalue weighted by Crippen LogP contribution is 2.39. The van der Waals surface area contributed by atoms with E-state index in [9.17, 15) is 23.4 Å². The molecule has 0 aromatic heterocycles. The van der Waals surface area contributed by atoms with Gasteiger partial charge in [0.25, 0.3) is 0 Å². The topological polar surface area (TPSA) is 77.4 Å². The van der Waals surface area contributed by atoms with Crippen LogP contribution in [0.15, 0.2) is 42.5 Å². The van der Waals surface area contributed by atoms with Gasteiger partial charge in [-0.2, -0.15) is 13.2 Å². The van der Waals surface area contributed by atoms with Crippen LogP contribution in [0, 0.1) is 13.8 Å². The zero-order valence-corrected chi connectivity index (χ0v) is 17.6. The summed E-state index contributed by atoms with van der Waals surface area (Å²) in [6.07, 6.45) is -9.76. The monoisotopic (exact) mass is 454 g/mol. The average molecular weight is 454 g/mol. The lowest BCUT2D eigenvalue weighted by molar-refractivity contribution is -0.373. The Morgan fingerprint density at radius 2 is 1.62 bits per heavy atom. The van der Waals surface area contributed by atoms with Crippen molar-refractivity contribution in [1.82, 2.24) is 0 Å². The molecule has 2 heterocycles. The van der Waals surface area contributed by atoms with Crippen molar-refractivity contribution < 1.29 is 42.3 Å². The van der Waals surface area contributed by atoms with E-state index in [4.69, 9.17) is 18.9 Å². The molecule has 6 atom stereocenters. The van der Waals surface area contributed by atoms with Crippen LogP contribution in [0.1, 0.15) is 40.4 Å². The summed E-state index contributed by atoms with van der Waals surface area (Å²) in [6, 6.07) is 10.2. The van der Waals surface area contributed by atoms with E-state index in [-0.39, 0.29) is 6.61 Å². The average Bonchev–Trinajstić information content (AvgIpc) is 2.78.